The van der Waals surface area contributed by atoms with Gasteiger partial charge in [0.15, 0.2) is 0 Å². The molecule has 248 valence electrons. The fourth-order valence-corrected chi connectivity index (χ4v) is 6.55. The number of hydrogen-bond donors (Lipinski definition) is 2. The van der Waals surface area contributed by atoms with Crippen molar-refractivity contribution in [1.29, 1.82) is 5.41 Å². The monoisotopic (exact) mass is 636 g/mol. The van der Waals surface area contributed by atoms with Crippen molar-refractivity contribution in [1.82, 2.24) is 19.4 Å². The molecule has 1 saturated carbocycles. The number of aromatic nitrogens is 3. The van der Waals surface area contributed by atoms with Crippen molar-refractivity contribution in [2.45, 2.75) is 91.0 Å². The van der Waals surface area contributed by atoms with Gasteiger partial charge in [0.05, 0.1) is 23.1 Å². The summed E-state index contributed by atoms with van der Waals surface area (Å²) < 4.78 is 14.1. The van der Waals surface area contributed by atoms with E-state index in [9.17, 15) is 4.79 Å². The molecule has 0 unspecified atom stereocenters. The second-order valence-electron chi connectivity index (χ2n) is 14.0. The van der Waals surface area contributed by atoms with E-state index in [1.807, 2.05) is 76.2 Å². The van der Waals surface area contributed by atoms with Crippen LogP contribution in [0.2, 0.25) is 0 Å². The number of carbonyl (C=O) groups is 1. The van der Waals surface area contributed by atoms with E-state index in [0.29, 0.717) is 29.9 Å². The van der Waals surface area contributed by atoms with Gasteiger partial charge in [0, 0.05) is 48.2 Å². The number of rotatable bonds is 12. The van der Waals surface area contributed by atoms with Crippen LogP contribution in [0.4, 0.5) is 5.69 Å². The first-order valence-electron chi connectivity index (χ1n) is 17.1. The fraction of sp³-hybridized carbons (Fsp3) is 0.474. The van der Waals surface area contributed by atoms with Crippen molar-refractivity contribution in [3.63, 3.8) is 0 Å². The van der Waals surface area contributed by atoms with Crippen LogP contribution in [0.25, 0.3) is 11.0 Å². The molecule has 0 radical (unpaired) electrons. The maximum Gasteiger partial charge on any atom is 0.338 e. The zero-order valence-corrected chi connectivity index (χ0v) is 28.2. The molecule has 1 aliphatic carbocycles. The Morgan fingerprint density at radius 2 is 1.85 bits per heavy atom. The minimum atomic E-state index is -0.537. The molecule has 47 heavy (non-hydrogen) atoms. The van der Waals surface area contributed by atoms with Crippen LogP contribution in [0.5, 0.6) is 5.88 Å². The van der Waals surface area contributed by atoms with E-state index in [1.165, 1.54) is 25.5 Å². The topological polar surface area (TPSA) is 105 Å². The second-order valence-corrected chi connectivity index (χ2v) is 14.0. The molecule has 0 spiro atoms. The number of nitrogens with zero attached hydrogens (tertiary/aromatic N) is 4. The number of nitrogens with one attached hydrogen (secondary N) is 2. The molecular weight excluding hydrogens is 588 g/mol. The number of piperidine rings is 1. The number of imidazole rings is 1. The first kappa shape index (κ1) is 32.7. The number of likely N-dealkylation sites (tertiary alicyclic amines) is 1. The smallest absolute Gasteiger partial charge is 0.338 e. The number of benzene rings is 2. The molecule has 9 nitrogen and oxygen atoms in total. The summed E-state index contributed by atoms with van der Waals surface area (Å²) in [7, 11) is 0. The standard InChI is InChI=1S/C38H48N6O3/c1-5-40-31-14-12-27(20-30(31)22-39)25-46-36-11-7-10-32(42-36)28-16-18-43(19-17-28)24-35-41-33-15-13-29(37(45)47-38(2,3)4)21-34(33)44(35)23-26-8-6-9-26/h7,10-15,20-22,26,28,39-40H,5-6,8-9,16-19,23-25H2,1-4H3. The number of fused-ring (bicyclic) bond motifs is 1. The molecule has 2 fully saturated rings. The summed E-state index contributed by atoms with van der Waals surface area (Å²) in [5.41, 5.74) is 5.90. The lowest BCUT2D eigenvalue weighted by Gasteiger charge is -2.32. The second kappa shape index (κ2) is 14.3. The number of esters is 1. The fourth-order valence-electron chi connectivity index (χ4n) is 6.55. The van der Waals surface area contributed by atoms with Crippen molar-refractivity contribution in [3.05, 3.63) is 82.8 Å². The molecule has 3 heterocycles. The molecule has 0 bridgehead atoms. The van der Waals surface area contributed by atoms with Gasteiger partial charge in [-0.2, -0.15) is 0 Å². The minimum absolute atomic E-state index is 0.293. The third-order valence-electron chi connectivity index (χ3n) is 9.27. The highest BCUT2D eigenvalue weighted by Crippen LogP contribution is 2.32. The van der Waals surface area contributed by atoms with Crippen molar-refractivity contribution in [3.8, 4) is 5.88 Å². The van der Waals surface area contributed by atoms with Crippen LogP contribution in [0.15, 0.2) is 54.6 Å². The van der Waals surface area contributed by atoms with E-state index < -0.39 is 5.60 Å². The van der Waals surface area contributed by atoms with Crippen molar-refractivity contribution in [2.75, 3.05) is 25.0 Å². The average Bonchev–Trinajstić information content (AvgIpc) is 3.37. The van der Waals surface area contributed by atoms with Crippen LogP contribution in [-0.2, 0) is 24.4 Å². The summed E-state index contributed by atoms with van der Waals surface area (Å²) >= 11 is 0. The number of ether oxygens (including phenoxy) is 2. The highest BCUT2D eigenvalue weighted by molar-refractivity contribution is 5.94. The van der Waals surface area contributed by atoms with Crippen LogP contribution in [0.1, 0.15) is 98.7 Å². The molecule has 1 saturated heterocycles. The summed E-state index contributed by atoms with van der Waals surface area (Å²) in [6.07, 6.45) is 7.21. The zero-order chi connectivity index (χ0) is 33.0. The maximum atomic E-state index is 12.9. The number of pyridine rings is 1. The van der Waals surface area contributed by atoms with E-state index in [1.54, 1.807) is 0 Å². The summed E-state index contributed by atoms with van der Waals surface area (Å²) in [6.45, 7) is 12.6. The van der Waals surface area contributed by atoms with Gasteiger partial charge >= 0.3 is 5.97 Å². The zero-order valence-electron chi connectivity index (χ0n) is 28.2. The molecular formula is C38H48N6O3. The Bertz CT molecular complexity index is 1710. The maximum absolute atomic E-state index is 12.9. The highest BCUT2D eigenvalue weighted by Gasteiger charge is 2.26. The van der Waals surface area contributed by atoms with E-state index in [-0.39, 0.29) is 5.97 Å². The summed E-state index contributed by atoms with van der Waals surface area (Å²) in [6, 6.07) is 17.9. The van der Waals surface area contributed by atoms with Gasteiger partial charge in [-0.1, -0.05) is 18.6 Å². The van der Waals surface area contributed by atoms with Gasteiger partial charge in [-0.3, -0.25) is 4.90 Å². The number of carbonyl (C=O) groups excluding carboxylic acids is 1. The number of hydrogen-bond acceptors (Lipinski definition) is 8. The Labute approximate surface area is 278 Å². The Morgan fingerprint density at radius 3 is 2.55 bits per heavy atom. The number of anilines is 1. The molecule has 0 atom stereocenters. The summed E-state index contributed by atoms with van der Waals surface area (Å²) in [4.78, 5) is 25.3. The molecule has 2 N–H and O–H groups in total. The van der Waals surface area contributed by atoms with Gasteiger partial charge < -0.3 is 24.8 Å². The lowest BCUT2D eigenvalue weighted by atomic mass is 9.85. The summed E-state index contributed by atoms with van der Waals surface area (Å²) in [5, 5.41) is 11.0. The predicted molar refractivity (Wildman–Crippen MR) is 187 cm³/mol. The van der Waals surface area contributed by atoms with Crippen LogP contribution in [0, 0.1) is 11.3 Å². The van der Waals surface area contributed by atoms with Crippen molar-refractivity contribution >= 4 is 28.9 Å². The lowest BCUT2D eigenvalue weighted by Crippen LogP contribution is -2.34. The first-order chi connectivity index (χ1) is 22.7. The Hall–Kier alpha value is -4.24. The lowest BCUT2D eigenvalue weighted by molar-refractivity contribution is 0.00696. The summed E-state index contributed by atoms with van der Waals surface area (Å²) in [5.74, 6) is 2.46. The SMILES string of the molecule is CCNc1ccc(COc2cccc(C3CCN(Cc4nc5ccc(C(=O)OC(C)(C)C)cc5n4CC4CCC4)CC3)n2)cc1C=N. The van der Waals surface area contributed by atoms with Crippen LogP contribution in [0.3, 0.4) is 0 Å². The molecule has 1 aliphatic heterocycles. The van der Waals surface area contributed by atoms with Crippen LogP contribution < -0.4 is 10.1 Å². The molecule has 4 aromatic rings. The van der Waals surface area contributed by atoms with Gasteiger partial charge in [0.2, 0.25) is 5.88 Å². The first-order valence-corrected chi connectivity index (χ1v) is 17.1. The Morgan fingerprint density at radius 1 is 1.04 bits per heavy atom. The van der Waals surface area contributed by atoms with E-state index in [2.05, 4.69) is 20.9 Å². The molecule has 9 heteroatoms. The molecule has 6 rings (SSSR count). The quantitative estimate of drug-likeness (QED) is 0.122. The van der Waals surface area contributed by atoms with Crippen LogP contribution in [-0.4, -0.2) is 56.9 Å². The Balaban J connectivity index is 1.10. The molecule has 0 amide bonds. The average molecular weight is 637 g/mol. The van der Waals surface area contributed by atoms with Gasteiger partial charge in [-0.25, -0.2) is 14.8 Å². The molecule has 2 aromatic carbocycles. The van der Waals surface area contributed by atoms with E-state index in [4.69, 9.17) is 24.9 Å². The van der Waals surface area contributed by atoms with Crippen molar-refractivity contribution in [2.24, 2.45) is 5.92 Å². The van der Waals surface area contributed by atoms with Crippen LogP contribution >= 0.6 is 0 Å². The highest BCUT2D eigenvalue weighted by atomic mass is 16.6. The van der Waals surface area contributed by atoms with Gasteiger partial charge in [0.1, 0.15) is 18.0 Å². The minimum Gasteiger partial charge on any atom is -0.473 e. The van der Waals surface area contributed by atoms with Gasteiger partial charge in [0.25, 0.3) is 0 Å². The third-order valence-corrected chi connectivity index (χ3v) is 9.27. The van der Waals surface area contributed by atoms with Gasteiger partial charge in [-0.05, 0) is 114 Å². The normalized spacial score (nSPS) is 16.2. The molecule has 2 aliphatic rings. The van der Waals surface area contributed by atoms with Crippen molar-refractivity contribution < 1.29 is 14.3 Å². The largest absolute Gasteiger partial charge is 0.473 e. The van der Waals surface area contributed by atoms with Gasteiger partial charge in [-0.15, -0.1) is 0 Å². The van der Waals surface area contributed by atoms with E-state index in [0.717, 1.165) is 84.9 Å². The third kappa shape index (κ3) is 8.01. The molecule has 2 aromatic heterocycles. The predicted octanol–water partition coefficient (Wildman–Crippen LogP) is 7.57. The van der Waals surface area contributed by atoms with E-state index >= 15 is 0 Å². The Kier molecular flexibility index (Phi) is 9.92.